The predicted molar refractivity (Wildman–Crippen MR) is 88.9 cm³/mol. The molecule has 3 N–H and O–H groups in total. The lowest BCUT2D eigenvalue weighted by atomic mass is 10.1. The molecule has 2 atom stereocenters. The summed E-state index contributed by atoms with van der Waals surface area (Å²) in [4.78, 5) is 12.5. The maximum Gasteiger partial charge on any atom is 0.416 e. The highest BCUT2D eigenvalue weighted by Gasteiger charge is 2.35. The van der Waals surface area contributed by atoms with Crippen molar-refractivity contribution in [1.29, 1.82) is 0 Å². The number of rotatable bonds is 3. The van der Waals surface area contributed by atoms with Crippen LogP contribution in [0.2, 0.25) is 0 Å². The summed E-state index contributed by atoms with van der Waals surface area (Å²) < 4.78 is 50.3. The van der Waals surface area contributed by atoms with E-state index >= 15 is 0 Å². The van der Waals surface area contributed by atoms with Crippen molar-refractivity contribution in [1.82, 2.24) is 0 Å². The zero-order valence-corrected chi connectivity index (χ0v) is 13.8. The van der Waals surface area contributed by atoms with Crippen LogP contribution in [-0.2, 0) is 17.5 Å². The number of carbonyl (C=O) groups excluding carboxylic acids is 1. The number of nitrogens with one attached hydrogen (secondary N) is 1. The Hall–Kier alpha value is -2.74. The number of hydrogen-bond donors (Lipinski definition) is 2. The van der Waals surface area contributed by atoms with E-state index in [1.54, 1.807) is 31.2 Å². The number of halogens is 3. The largest absolute Gasteiger partial charge is 0.482 e. The number of nitrogens with two attached hydrogens (primary N) is 1. The van der Waals surface area contributed by atoms with Crippen LogP contribution in [-0.4, -0.2) is 18.1 Å². The maximum atomic E-state index is 13.0. The molecule has 0 saturated heterocycles. The molecular weight excluding hydrogens is 349 g/mol. The number of alkyl halides is 3. The van der Waals surface area contributed by atoms with Crippen molar-refractivity contribution in [3.63, 3.8) is 0 Å². The van der Waals surface area contributed by atoms with Crippen molar-refractivity contribution in [2.75, 3.05) is 5.32 Å². The van der Waals surface area contributed by atoms with Crippen LogP contribution in [0.25, 0.3) is 0 Å². The van der Waals surface area contributed by atoms with E-state index in [0.717, 1.165) is 12.1 Å². The number of amides is 1. The van der Waals surface area contributed by atoms with Crippen LogP contribution in [0.15, 0.2) is 42.5 Å². The van der Waals surface area contributed by atoms with Gasteiger partial charge >= 0.3 is 6.18 Å². The van der Waals surface area contributed by atoms with Crippen LogP contribution in [0.3, 0.4) is 0 Å². The van der Waals surface area contributed by atoms with Gasteiger partial charge in [-0.05, 0) is 42.8 Å². The Labute approximate surface area is 147 Å². The number of ether oxygens (including phenoxy) is 2. The molecule has 3 rings (SSSR count). The van der Waals surface area contributed by atoms with Gasteiger partial charge in [0.1, 0.15) is 6.10 Å². The first kappa shape index (κ1) is 18.1. The van der Waals surface area contributed by atoms with E-state index < -0.39 is 29.9 Å². The van der Waals surface area contributed by atoms with Crippen LogP contribution < -0.4 is 20.5 Å². The second-order valence-electron chi connectivity index (χ2n) is 5.92. The van der Waals surface area contributed by atoms with Gasteiger partial charge in [-0.1, -0.05) is 12.1 Å². The summed E-state index contributed by atoms with van der Waals surface area (Å²) >= 11 is 0. The molecule has 1 heterocycles. The first-order valence-electron chi connectivity index (χ1n) is 7.92. The monoisotopic (exact) mass is 366 g/mol. The van der Waals surface area contributed by atoms with E-state index in [4.69, 9.17) is 15.2 Å². The number of fused-ring (bicyclic) bond motifs is 1. The molecule has 138 valence electrons. The Bertz CT molecular complexity index is 824. The molecule has 1 amide bonds. The van der Waals surface area contributed by atoms with Crippen molar-refractivity contribution < 1.29 is 27.4 Å². The number of benzene rings is 2. The molecule has 2 aromatic carbocycles. The Morgan fingerprint density at radius 1 is 1.15 bits per heavy atom. The fraction of sp³-hybridized carbons (Fsp3) is 0.278. The average molecular weight is 366 g/mol. The van der Waals surface area contributed by atoms with E-state index in [9.17, 15) is 18.0 Å². The lowest BCUT2D eigenvalue weighted by molar-refractivity contribution is -0.137. The third-order valence-corrected chi connectivity index (χ3v) is 3.92. The van der Waals surface area contributed by atoms with E-state index in [1.807, 2.05) is 0 Å². The van der Waals surface area contributed by atoms with E-state index in [2.05, 4.69) is 5.32 Å². The van der Waals surface area contributed by atoms with Gasteiger partial charge in [0.05, 0.1) is 5.56 Å². The summed E-state index contributed by atoms with van der Waals surface area (Å²) in [5.41, 5.74) is 4.83. The Balaban J connectivity index is 1.82. The van der Waals surface area contributed by atoms with Gasteiger partial charge in [-0.2, -0.15) is 13.2 Å². The summed E-state index contributed by atoms with van der Waals surface area (Å²) in [6, 6.07) is 10.1. The third kappa shape index (κ3) is 3.75. The molecule has 2 aromatic rings. The van der Waals surface area contributed by atoms with Crippen LogP contribution in [0, 0.1) is 0 Å². The van der Waals surface area contributed by atoms with Crippen molar-refractivity contribution >= 4 is 11.6 Å². The molecule has 26 heavy (non-hydrogen) atoms. The fourth-order valence-corrected chi connectivity index (χ4v) is 2.67. The molecule has 0 radical (unpaired) electrons. The fourth-order valence-electron chi connectivity index (χ4n) is 2.67. The van der Waals surface area contributed by atoms with Crippen molar-refractivity contribution in [3.05, 3.63) is 53.6 Å². The Morgan fingerprint density at radius 2 is 1.81 bits per heavy atom. The SMILES string of the molecule is CC1Oc2ccccc2OC1C(=O)Nc1cc(CN)cc(C(F)(F)F)c1. The topological polar surface area (TPSA) is 73.6 Å². The molecule has 0 aliphatic carbocycles. The first-order chi connectivity index (χ1) is 12.3. The van der Waals surface area contributed by atoms with E-state index in [1.165, 1.54) is 6.07 Å². The molecule has 0 bridgehead atoms. The van der Waals surface area contributed by atoms with Gasteiger partial charge in [0, 0.05) is 12.2 Å². The summed E-state index contributed by atoms with van der Waals surface area (Å²) in [5.74, 6) is 0.306. The number of carbonyl (C=O) groups is 1. The molecule has 2 unspecified atom stereocenters. The smallest absolute Gasteiger partial charge is 0.416 e. The van der Waals surface area contributed by atoms with Gasteiger partial charge in [-0.3, -0.25) is 4.79 Å². The third-order valence-electron chi connectivity index (χ3n) is 3.92. The Morgan fingerprint density at radius 3 is 2.42 bits per heavy atom. The molecule has 8 heteroatoms. The van der Waals surface area contributed by atoms with Crippen LogP contribution in [0.4, 0.5) is 18.9 Å². The summed E-state index contributed by atoms with van der Waals surface area (Å²) in [6.07, 6.45) is -6.15. The van der Waals surface area contributed by atoms with Crippen LogP contribution >= 0.6 is 0 Å². The van der Waals surface area contributed by atoms with Gasteiger partial charge in [-0.15, -0.1) is 0 Å². The Kier molecular flexibility index (Phi) is 4.78. The van der Waals surface area contributed by atoms with Gasteiger partial charge in [0.25, 0.3) is 5.91 Å². The minimum atomic E-state index is -4.54. The van der Waals surface area contributed by atoms with Gasteiger partial charge in [-0.25, -0.2) is 0 Å². The van der Waals surface area contributed by atoms with Gasteiger partial charge in [0.2, 0.25) is 6.10 Å². The zero-order valence-electron chi connectivity index (χ0n) is 13.8. The normalized spacial score (nSPS) is 19.1. The highest BCUT2D eigenvalue weighted by atomic mass is 19.4. The van der Waals surface area contributed by atoms with Crippen LogP contribution in [0.1, 0.15) is 18.1 Å². The predicted octanol–water partition coefficient (Wildman–Crippen LogP) is 3.33. The van der Waals surface area contributed by atoms with Crippen molar-refractivity contribution in [2.24, 2.45) is 5.73 Å². The highest BCUT2D eigenvalue weighted by molar-refractivity contribution is 5.95. The molecule has 0 aromatic heterocycles. The molecule has 0 saturated carbocycles. The average Bonchev–Trinajstić information content (AvgIpc) is 2.59. The van der Waals surface area contributed by atoms with Crippen molar-refractivity contribution in [3.8, 4) is 11.5 Å². The summed E-state index contributed by atoms with van der Waals surface area (Å²) in [7, 11) is 0. The number of anilines is 1. The van der Waals surface area contributed by atoms with Crippen LogP contribution in [0.5, 0.6) is 11.5 Å². The standard InChI is InChI=1S/C18H17F3N2O3/c1-10-16(26-15-5-3-2-4-14(15)25-10)17(24)23-13-7-11(9-22)6-12(8-13)18(19,20)21/h2-8,10,16H,9,22H2,1H3,(H,23,24). The lowest BCUT2D eigenvalue weighted by Gasteiger charge is -2.31. The van der Waals surface area contributed by atoms with E-state index in [0.29, 0.717) is 11.5 Å². The van der Waals surface area contributed by atoms with Crippen molar-refractivity contribution in [2.45, 2.75) is 31.9 Å². The second kappa shape index (κ2) is 6.87. The molecule has 1 aliphatic heterocycles. The summed E-state index contributed by atoms with van der Waals surface area (Å²) in [6.45, 7) is 1.57. The maximum absolute atomic E-state index is 13.0. The lowest BCUT2D eigenvalue weighted by Crippen LogP contribution is -2.46. The number of para-hydroxylation sites is 2. The first-order valence-corrected chi connectivity index (χ1v) is 7.92. The minimum absolute atomic E-state index is 0.0000615. The zero-order chi connectivity index (χ0) is 18.9. The molecular formula is C18H17F3N2O3. The second-order valence-corrected chi connectivity index (χ2v) is 5.92. The molecule has 0 spiro atoms. The van der Waals surface area contributed by atoms with Gasteiger partial charge < -0.3 is 20.5 Å². The highest BCUT2D eigenvalue weighted by Crippen LogP contribution is 2.34. The quantitative estimate of drug-likeness (QED) is 0.874. The molecule has 0 fully saturated rings. The minimum Gasteiger partial charge on any atom is -0.482 e. The summed E-state index contributed by atoms with van der Waals surface area (Å²) in [5, 5.41) is 2.46. The number of hydrogen-bond acceptors (Lipinski definition) is 4. The molecule has 1 aliphatic rings. The van der Waals surface area contributed by atoms with Gasteiger partial charge in [0.15, 0.2) is 11.5 Å². The van der Waals surface area contributed by atoms with E-state index in [-0.39, 0.29) is 17.8 Å². The molecule has 5 nitrogen and oxygen atoms in total.